The van der Waals surface area contributed by atoms with Gasteiger partial charge in [0.1, 0.15) is 5.69 Å². The van der Waals surface area contributed by atoms with Crippen LogP contribution in [0.15, 0.2) is 66.7 Å². The maximum absolute atomic E-state index is 13.8. The summed E-state index contributed by atoms with van der Waals surface area (Å²) in [7, 11) is 0. The number of carbonyl (C=O) groups excluding carboxylic acids is 1. The number of hydrogen-bond donors (Lipinski definition) is 0. The van der Waals surface area contributed by atoms with Crippen molar-refractivity contribution in [3.05, 3.63) is 106 Å². The van der Waals surface area contributed by atoms with Crippen LogP contribution < -0.4 is 0 Å². The predicted molar refractivity (Wildman–Crippen MR) is 133 cm³/mol. The van der Waals surface area contributed by atoms with Crippen molar-refractivity contribution in [2.45, 2.75) is 40.7 Å². The van der Waals surface area contributed by atoms with Crippen molar-refractivity contribution in [1.29, 1.82) is 0 Å². The number of hydrogen-bond acceptors (Lipinski definition) is 2. The van der Waals surface area contributed by atoms with Gasteiger partial charge < -0.3 is 4.90 Å². The Kier molecular flexibility index (Phi) is 5.37. The van der Waals surface area contributed by atoms with E-state index in [0.717, 1.165) is 28.9 Å². The minimum Gasteiger partial charge on any atom is -0.333 e. The fourth-order valence-corrected chi connectivity index (χ4v) is 4.63. The van der Waals surface area contributed by atoms with Crippen LogP contribution in [0, 0.1) is 27.7 Å². The lowest BCUT2D eigenvalue weighted by molar-refractivity contribution is 0.0725. The van der Waals surface area contributed by atoms with E-state index in [0.29, 0.717) is 18.8 Å². The summed E-state index contributed by atoms with van der Waals surface area (Å²) in [5, 5.41) is 4.94. The average Bonchev–Trinajstić information content (AvgIpc) is 3.25. The molecule has 0 aliphatic carbocycles. The van der Waals surface area contributed by atoms with Gasteiger partial charge in [-0.25, -0.2) is 4.68 Å². The first-order chi connectivity index (χ1) is 15.9. The zero-order valence-corrected chi connectivity index (χ0v) is 19.7. The third-order valence-corrected chi connectivity index (χ3v) is 6.73. The van der Waals surface area contributed by atoms with E-state index in [2.05, 4.69) is 82.3 Å². The Morgan fingerprint density at radius 2 is 1.61 bits per heavy atom. The third-order valence-electron chi connectivity index (χ3n) is 6.73. The van der Waals surface area contributed by atoms with Crippen LogP contribution in [0.25, 0.3) is 16.9 Å². The number of fused-ring (bicyclic) bond motifs is 1. The van der Waals surface area contributed by atoms with Gasteiger partial charge in [-0.1, -0.05) is 54.1 Å². The number of benzene rings is 3. The summed E-state index contributed by atoms with van der Waals surface area (Å²) in [6.07, 6.45) is 0.879. The van der Waals surface area contributed by atoms with E-state index in [9.17, 15) is 4.79 Å². The van der Waals surface area contributed by atoms with Crippen molar-refractivity contribution >= 4 is 5.91 Å². The minimum absolute atomic E-state index is 0.0204. The number of rotatable bonds is 3. The van der Waals surface area contributed by atoms with E-state index in [1.54, 1.807) is 0 Å². The Labute approximate surface area is 195 Å². The highest BCUT2D eigenvalue weighted by atomic mass is 16.2. The monoisotopic (exact) mass is 435 g/mol. The molecule has 4 aromatic rings. The summed E-state index contributed by atoms with van der Waals surface area (Å²) in [5.74, 6) is 0.0204. The van der Waals surface area contributed by atoms with Gasteiger partial charge in [0.15, 0.2) is 0 Å². The summed E-state index contributed by atoms with van der Waals surface area (Å²) in [6.45, 7) is 9.72. The molecule has 0 radical (unpaired) electrons. The van der Waals surface area contributed by atoms with Gasteiger partial charge in [0, 0.05) is 18.7 Å². The number of aromatic nitrogens is 2. The molecule has 0 unspecified atom stereocenters. The predicted octanol–water partition coefficient (Wildman–Crippen LogP) is 5.97. The molecule has 3 aromatic carbocycles. The Morgan fingerprint density at radius 1 is 0.818 bits per heavy atom. The minimum atomic E-state index is 0.0204. The molecule has 4 heteroatoms. The standard InChI is InChI=1S/C29H29N3O/c1-19-9-12-27(22(4)15-19)32-28(17-26(30-32)24-11-10-20(2)21(3)16-24)29(33)31-14-13-23-7-5-6-8-25(23)18-31/h5-12,15-17H,13-14,18H2,1-4H3. The number of carbonyl (C=O) groups is 1. The summed E-state index contributed by atoms with van der Waals surface area (Å²) in [4.78, 5) is 15.8. The van der Waals surface area contributed by atoms with Crippen molar-refractivity contribution in [3.63, 3.8) is 0 Å². The maximum atomic E-state index is 13.8. The van der Waals surface area contributed by atoms with Crippen LogP contribution in [0.5, 0.6) is 0 Å². The van der Waals surface area contributed by atoms with Crippen molar-refractivity contribution in [3.8, 4) is 16.9 Å². The molecule has 1 amide bonds. The molecule has 1 aliphatic heterocycles. The van der Waals surface area contributed by atoms with Crippen molar-refractivity contribution < 1.29 is 4.79 Å². The van der Waals surface area contributed by atoms with E-state index in [1.165, 1.54) is 27.8 Å². The molecule has 166 valence electrons. The van der Waals surface area contributed by atoms with Crippen LogP contribution in [-0.4, -0.2) is 27.1 Å². The summed E-state index contributed by atoms with van der Waals surface area (Å²) >= 11 is 0. The van der Waals surface area contributed by atoms with Gasteiger partial charge >= 0.3 is 0 Å². The lowest BCUT2D eigenvalue weighted by Crippen LogP contribution is -2.37. The second-order valence-electron chi connectivity index (χ2n) is 9.16. The van der Waals surface area contributed by atoms with Crippen molar-refractivity contribution in [2.24, 2.45) is 0 Å². The van der Waals surface area contributed by atoms with Gasteiger partial charge in [0.2, 0.25) is 0 Å². The fraction of sp³-hybridized carbons (Fsp3) is 0.241. The Balaban J connectivity index is 1.60. The summed E-state index contributed by atoms with van der Waals surface area (Å²) in [6, 6.07) is 23.0. The quantitative estimate of drug-likeness (QED) is 0.397. The van der Waals surface area contributed by atoms with Crippen LogP contribution in [0.4, 0.5) is 0 Å². The van der Waals surface area contributed by atoms with Gasteiger partial charge in [-0.3, -0.25) is 4.79 Å². The van der Waals surface area contributed by atoms with E-state index < -0.39 is 0 Å². The number of nitrogens with zero attached hydrogens (tertiary/aromatic N) is 3. The topological polar surface area (TPSA) is 38.1 Å². The SMILES string of the molecule is Cc1ccc(-n2nc(-c3ccc(C)c(C)c3)cc2C(=O)N2CCc3ccccc3C2)c(C)c1. The second kappa shape index (κ2) is 8.36. The Hall–Kier alpha value is -3.66. The van der Waals surface area contributed by atoms with Crippen LogP contribution in [-0.2, 0) is 13.0 Å². The highest BCUT2D eigenvalue weighted by Gasteiger charge is 2.26. The van der Waals surface area contributed by atoms with E-state index >= 15 is 0 Å². The van der Waals surface area contributed by atoms with Gasteiger partial charge in [-0.15, -0.1) is 0 Å². The molecule has 33 heavy (non-hydrogen) atoms. The largest absolute Gasteiger partial charge is 0.333 e. The van der Waals surface area contributed by atoms with E-state index in [-0.39, 0.29) is 5.91 Å². The van der Waals surface area contributed by atoms with Crippen molar-refractivity contribution in [1.82, 2.24) is 14.7 Å². The third kappa shape index (κ3) is 3.97. The first-order valence-electron chi connectivity index (χ1n) is 11.5. The van der Waals surface area contributed by atoms with Crippen molar-refractivity contribution in [2.75, 3.05) is 6.54 Å². The molecule has 0 fully saturated rings. The maximum Gasteiger partial charge on any atom is 0.272 e. The smallest absolute Gasteiger partial charge is 0.272 e. The van der Waals surface area contributed by atoms with Gasteiger partial charge in [-0.2, -0.15) is 5.10 Å². The zero-order valence-electron chi connectivity index (χ0n) is 19.7. The van der Waals surface area contributed by atoms with Crippen LogP contribution in [0.3, 0.4) is 0 Å². The van der Waals surface area contributed by atoms with Gasteiger partial charge in [0.05, 0.1) is 11.4 Å². The van der Waals surface area contributed by atoms with E-state index in [1.807, 2.05) is 21.7 Å². The molecule has 5 rings (SSSR count). The Bertz CT molecular complexity index is 1370. The average molecular weight is 436 g/mol. The number of amides is 1. The Morgan fingerprint density at radius 3 is 2.36 bits per heavy atom. The molecule has 0 saturated carbocycles. The fourth-order valence-electron chi connectivity index (χ4n) is 4.63. The molecule has 0 N–H and O–H groups in total. The normalized spacial score (nSPS) is 13.2. The van der Waals surface area contributed by atoms with Crippen LogP contribution in [0.2, 0.25) is 0 Å². The lowest BCUT2D eigenvalue weighted by Gasteiger charge is -2.29. The molecule has 0 saturated heterocycles. The molecule has 0 atom stereocenters. The summed E-state index contributed by atoms with van der Waals surface area (Å²) in [5.41, 5.74) is 10.7. The molecule has 0 bridgehead atoms. The molecule has 1 aliphatic rings. The first-order valence-corrected chi connectivity index (χ1v) is 11.5. The van der Waals surface area contributed by atoms with Crippen LogP contribution >= 0.6 is 0 Å². The van der Waals surface area contributed by atoms with E-state index in [4.69, 9.17) is 5.10 Å². The van der Waals surface area contributed by atoms with Crippen LogP contribution in [0.1, 0.15) is 43.9 Å². The molecule has 4 nitrogen and oxygen atoms in total. The molecular formula is C29H29N3O. The second-order valence-corrected chi connectivity index (χ2v) is 9.16. The summed E-state index contributed by atoms with van der Waals surface area (Å²) < 4.78 is 1.84. The molecule has 2 heterocycles. The first kappa shape index (κ1) is 21.2. The molecule has 0 spiro atoms. The highest BCUT2D eigenvalue weighted by molar-refractivity contribution is 5.94. The van der Waals surface area contributed by atoms with Gasteiger partial charge in [-0.05, 0) is 80.1 Å². The molecular weight excluding hydrogens is 406 g/mol. The van der Waals surface area contributed by atoms with Gasteiger partial charge in [0.25, 0.3) is 5.91 Å². The number of aryl methyl sites for hydroxylation is 4. The molecule has 1 aromatic heterocycles. The zero-order chi connectivity index (χ0) is 23.1. The lowest BCUT2D eigenvalue weighted by atomic mass is 9.99. The highest BCUT2D eigenvalue weighted by Crippen LogP contribution is 2.28.